The molecule has 2 rings (SSSR count). The van der Waals surface area contributed by atoms with Gasteiger partial charge in [-0.15, -0.1) is 0 Å². The molecule has 0 bridgehead atoms. The van der Waals surface area contributed by atoms with E-state index < -0.39 is 49.9 Å². The van der Waals surface area contributed by atoms with Crippen molar-refractivity contribution in [2.45, 2.75) is 82.6 Å². The molecule has 166 valence electrons. The summed E-state index contributed by atoms with van der Waals surface area (Å²) in [6.45, 7) is 10.2. The summed E-state index contributed by atoms with van der Waals surface area (Å²) in [4.78, 5) is 39.0. The van der Waals surface area contributed by atoms with Crippen LogP contribution < -0.4 is 10.6 Å². The number of hydrogen-bond donors (Lipinski definition) is 3. The van der Waals surface area contributed by atoms with Crippen LogP contribution in [-0.4, -0.2) is 71.0 Å². The number of aliphatic hydroxyl groups is 1. The Balaban J connectivity index is 2.23. The highest BCUT2D eigenvalue weighted by Gasteiger charge is 2.67. The lowest BCUT2D eigenvalue weighted by atomic mass is 9.95. The van der Waals surface area contributed by atoms with E-state index in [-0.39, 0.29) is 30.8 Å². The third-order valence-electron chi connectivity index (χ3n) is 5.89. The fourth-order valence-electron chi connectivity index (χ4n) is 3.91. The molecule has 0 aromatic rings. The molecule has 2 aliphatic heterocycles. The number of aliphatic hydroxyl groups excluding tert-OH is 1. The zero-order valence-electron chi connectivity index (χ0n) is 17.9. The van der Waals surface area contributed by atoms with Crippen LogP contribution in [0.1, 0.15) is 54.4 Å². The minimum Gasteiger partial charge on any atom is -0.394 e. The van der Waals surface area contributed by atoms with Crippen LogP contribution in [0.2, 0.25) is 0 Å². The monoisotopic (exact) mass is 431 g/mol. The van der Waals surface area contributed by atoms with Crippen molar-refractivity contribution in [3.8, 4) is 0 Å². The van der Waals surface area contributed by atoms with E-state index in [0.717, 1.165) is 4.90 Å². The maximum atomic E-state index is 13.1. The van der Waals surface area contributed by atoms with Crippen LogP contribution in [0.3, 0.4) is 0 Å². The molecule has 2 fully saturated rings. The summed E-state index contributed by atoms with van der Waals surface area (Å²) in [5.41, 5.74) is 0. The van der Waals surface area contributed by atoms with E-state index in [1.165, 1.54) is 13.8 Å². The number of hydrogen-bond acceptors (Lipinski definition) is 6. The molecule has 0 aromatic carbocycles. The van der Waals surface area contributed by atoms with Crippen LogP contribution >= 0.6 is 0 Å². The molecule has 0 spiro atoms. The number of nitrogens with zero attached hydrogens (tertiary/aromatic N) is 1. The number of fused-ring (bicyclic) bond motifs is 1. The molecule has 9 nitrogen and oxygen atoms in total. The van der Waals surface area contributed by atoms with Gasteiger partial charge >= 0.3 is 0 Å². The molecule has 3 N–H and O–H groups in total. The van der Waals surface area contributed by atoms with Crippen molar-refractivity contribution >= 4 is 27.6 Å². The Morgan fingerprint density at radius 3 is 2.24 bits per heavy atom. The molecule has 2 aliphatic rings. The number of carbonyl (C=O) groups is 3. The summed E-state index contributed by atoms with van der Waals surface area (Å²) in [5.74, 6) is -1.40. The molecule has 2 saturated heterocycles. The first-order valence-corrected chi connectivity index (χ1v) is 11.6. The van der Waals surface area contributed by atoms with Crippen LogP contribution in [-0.2, 0) is 24.2 Å². The normalized spacial score (nSPS) is 26.7. The topological polar surface area (TPSA) is 133 Å². The zero-order chi connectivity index (χ0) is 22.3. The van der Waals surface area contributed by atoms with Crippen LogP contribution in [0.15, 0.2) is 0 Å². The molecule has 0 aromatic heterocycles. The summed E-state index contributed by atoms with van der Waals surface area (Å²) < 4.78 is 24.0. The van der Waals surface area contributed by atoms with E-state index in [4.69, 9.17) is 0 Å². The molecular formula is C19H33N3O6S. The standard InChI is InChI=1S/C19H33N3O6S/c1-10(2)7-12(17(25)21-13(9-23)11(3)4)20-18(26)16-19(5,6)29(27,28)15-8-14(24)22(15)16/h10-13,15-16,23H,7-9H2,1-6H3,(H,20,26)(H,21,25). The van der Waals surface area contributed by atoms with Gasteiger partial charge in [-0.2, -0.15) is 0 Å². The SMILES string of the molecule is CC(C)CC(NC(=O)C1N2C(=O)CC2S(=O)(=O)C1(C)C)C(=O)NC(CO)C(C)C. The van der Waals surface area contributed by atoms with Crippen LogP contribution in [0.25, 0.3) is 0 Å². The summed E-state index contributed by atoms with van der Waals surface area (Å²) in [7, 11) is -3.70. The first kappa shape index (κ1) is 23.6. The second kappa shape index (κ2) is 8.22. The molecule has 2 heterocycles. The summed E-state index contributed by atoms with van der Waals surface area (Å²) in [6.07, 6.45) is 0.225. The maximum absolute atomic E-state index is 13.1. The van der Waals surface area contributed by atoms with Crippen molar-refractivity contribution in [2.24, 2.45) is 11.8 Å². The largest absolute Gasteiger partial charge is 0.394 e. The van der Waals surface area contributed by atoms with E-state index in [0.29, 0.717) is 6.42 Å². The quantitative estimate of drug-likeness (QED) is 0.455. The molecule has 4 atom stereocenters. The number of sulfone groups is 1. The lowest BCUT2D eigenvalue weighted by molar-refractivity contribution is -0.150. The van der Waals surface area contributed by atoms with Crippen molar-refractivity contribution in [1.82, 2.24) is 15.5 Å². The van der Waals surface area contributed by atoms with E-state index in [1.807, 2.05) is 27.7 Å². The fraction of sp³-hybridized carbons (Fsp3) is 0.842. The fourth-order valence-corrected chi connectivity index (χ4v) is 6.05. The highest BCUT2D eigenvalue weighted by molar-refractivity contribution is 7.93. The lowest BCUT2D eigenvalue weighted by Crippen LogP contribution is -2.62. The minimum atomic E-state index is -3.70. The van der Waals surface area contributed by atoms with Gasteiger partial charge in [-0.05, 0) is 32.1 Å². The zero-order valence-corrected chi connectivity index (χ0v) is 18.7. The van der Waals surface area contributed by atoms with Gasteiger partial charge < -0.3 is 20.6 Å². The van der Waals surface area contributed by atoms with Gasteiger partial charge in [0.2, 0.25) is 17.7 Å². The van der Waals surface area contributed by atoms with Gasteiger partial charge in [-0.1, -0.05) is 27.7 Å². The maximum Gasteiger partial charge on any atom is 0.245 e. The van der Waals surface area contributed by atoms with E-state index in [2.05, 4.69) is 10.6 Å². The van der Waals surface area contributed by atoms with Crippen LogP contribution in [0.4, 0.5) is 0 Å². The summed E-state index contributed by atoms with van der Waals surface area (Å²) in [6, 6.07) is -2.54. The average Bonchev–Trinajstić information content (AvgIpc) is 2.71. The Morgan fingerprint density at radius 2 is 1.79 bits per heavy atom. The Morgan fingerprint density at radius 1 is 1.21 bits per heavy atom. The molecule has 0 aliphatic carbocycles. The Labute approximate surface area is 172 Å². The second-order valence-corrected chi connectivity index (χ2v) is 11.9. The van der Waals surface area contributed by atoms with Gasteiger partial charge in [0.15, 0.2) is 9.84 Å². The highest BCUT2D eigenvalue weighted by atomic mass is 32.2. The van der Waals surface area contributed by atoms with Gasteiger partial charge in [-0.25, -0.2) is 8.42 Å². The second-order valence-electron chi connectivity index (χ2n) is 9.24. The Kier molecular flexibility index (Phi) is 6.69. The summed E-state index contributed by atoms with van der Waals surface area (Å²) in [5, 5.41) is 13.9. The highest BCUT2D eigenvalue weighted by Crippen LogP contribution is 2.45. The Hall–Kier alpha value is -1.68. The number of amides is 3. The van der Waals surface area contributed by atoms with Gasteiger partial charge in [0.05, 0.1) is 23.8 Å². The van der Waals surface area contributed by atoms with E-state index in [9.17, 15) is 27.9 Å². The lowest BCUT2D eigenvalue weighted by Gasteiger charge is -2.37. The predicted molar refractivity (Wildman–Crippen MR) is 107 cm³/mol. The van der Waals surface area contributed by atoms with E-state index in [1.54, 1.807) is 0 Å². The number of β-lactam (4-membered cyclic amide) rings is 1. The van der Waals surface area contributed by atoms with Gasteiger partial charge in [0.25, 0.3) is 0 Å². The van der Waals surface area contributed by atoms with E-state index >= 15 is 0 Å². The number of carbonyl (C=O) groups excluding carboxylic acids is 3. The predicted octanol–water partition coefficient (Wildman–Crippen LogP) is -0.216. The molecule has 3 amide bonds. The van der Waals surface area contributed by atoms with Gasteiger partial charge in [0, 0.05) is 0 Å². The summed E-state index contributed by atoms with van der Waals surface area (Å²) >= 11 is 0. The Bertz CT molecular complexity index is 777. The van der Waals surface area contributed by atoms with Gasteiger partial charge in [-0.3, -0.25) is 14.4 Å². The first-order chi connectivity index (χ1) is 13.3. The number of nitrogens with one attached hydrogen (secondary N) is 2. The van der Waals surface area contributed by atoms with Crippen molar-refractivity contribution < 1.29 is 27.9 Å². The average molecular weight is 432 g/mol. The van der Waals surface area contributed by atoms with Crippen molar-refractivity contribution in [3.63, 3.8) is 0 Å². The molecule has 0 saturated carbocycles. The third-order valence-corrected chi connectivity index (χ3v) is 8.69. The van der Waals surface area contributed by atoms with Crippen molar-refractivity contribution in [1.29, 1.82) is 0 Å². The minimum absolute atomic E-state index is 0.00210. The van der Waals surface area contributed by atoms with Crippen molar-refractivity contribution in [3.05, 3.63) is 0 Å². The molecule has 4 unspecified atom stereocenters. The molecule has 10 heteroatoms. The van der Waals surface area contributed by atoms with Crippen molar-refractivity contribution in [2.75, 3.05) is 6.61 Å². The molecule has 29 heavy (non-hydrogen) atoms. The first-order valence-electron chi connectivity index (χ1n) is 10.0. The van der Waals surface area contributed by atoms with Gasteiger partial charge in [0.1, 0.15) is 17.5 Å². The third kappa shape index (κ3) is 4.14. The van der Waals surface area contributed by atoms with Crippen LogP contribution in [0.5, 0.6) is 0 Å². The molecular weight excluding hydrogens is 398 g/mol. The number of rotatable bonds is 8. The van der Waals surface area contributed by atoms with Crippen LogP contribution in [0, 0.1) is 11.8 Å². The molecule has 0 radical (unpaired) electrons. The smallest absolute Gasteiger partial charge is 0.245 e.